The summed E-state index contributed by atoms with van der Waals surface area (Å²) in [7, 11) is 1.55. The Bertz CT molecular complexity index is 1450. The van der Waals surface area contributed by atoms with Gasteiger partial charge in [-0.1, -0.05) is 35.1 Å². The van der Waals surface area contributed by atoms with E-state index in [1.807, 2.05) is 6.07 Å². The van der Waals surface area contributed by atoms with Gasteiger partial charge in [0.05, 0.1) is 35.6 Å². The Hall–Kier alpha value is -3.36. The molecule has 1 aromatic heterocycles. The zero-order valence-electron chi connectivity index (χ0n) is 18.2. The van der Waals surface area contributed by atoms with Gasteiger partial charge in [0.15, 0.2) is 4.80 Å². The SMILES string of the molecule is CCOC(=O)C1=C(C)N=c2s/c(=C\c3cc(Cl)ccc3O)c(=O)n2[C@@H]1c1cccc(OC)c1. The predicted octanol–water partition coefficient (Wildman–Crippen LogP) is 3.17. The van der Waals surface area contributed by atoms with Crippen LogP contribution in [-0.2, 0) is 9.53 Å². The van der Waals surface area contributed by atoms with Crippen LogP contribution in [0.2, 0.25) is 5.02 Å². The van der Waals surface area contributed by atoms with Crippen molar-refractivity contribution in [3.8, 4) is 11.5 Å². The second kappa shape index (κ2) is 9.25. The van der Waals surface area contributed by atoms with Crippen LogP contribution in [0.5, 0.6) is 11.5 Å². The maximum Gasteiger partial charge on any atom is 0.338 e. The van der Waals surface area contributed by atoms with Gasteiger partial charge in [0.25, 0.3) is 5.56 Å². The highest BCUT2D eigenvalue weighted by atomic mass is 35.5. The average molecular weight is 485 g/mol. The molecule has 1 aliphatic rings. The van der Waals surface area contributed by atoms with Crippen LogP contribution in [0.1, 0.15) is 31.0 Å². The Morgan fingerprint density at radius 3 is 2.82 bits per heavy atom. The molecule has 4 rings (SSSR count). The van der Waals surface area contributed by atoms with E-state index in [2.05, 4.69) is 4.99 Å². The van der Waals surface area contributed by atoms with Gasteiger partial charge < -0.3 is 14.6 Å². The lowest BCUT2D eigenvalue weighted by atomic mass is 9.95. The summed E-state index contributed by atoms with van der Waals surface area (Å²) >= 11 is 7.23. The summed E-state index contributed by atoms with van der Waals surface area (Å²) in [6.07, 6.45) is 1.57. The summed E-state index contributed by atoms with van der Waals surface area (Å²) in [4.78, 5) is 31.4. The van der Waals surface area contributed by atoms with Gasteiger partial charge in [-0.15, -0.1) is 0 Å². The number of ether oxygens (including phenoxy) is 2. The van der Waals surface area contributed by atoms with Gasteiger partial charge in [-0.3, -0.25) is 9.36 Å². The Balaban J connectivity index is 1.98. The lowest BCUT2D eigenvalue weighted by Gasteiger charge is -2.25. The van der Waals surface area contributed by atoms with Gasteiger partial charge >= 0.3 is 5.97 Å². The molecule has 0 aliphatic carbocycles. The van der Waals surface area contributed by atoms with Crippen molar-refractivity contribution in [2.45, 2.75) is 19.9 Å². The minimum absolute atomic E-state index is 0.00188. The average Bonchev–Trinajstić information content (AvgIpc) is 3.10. The number of rotatable bonds is 5. The molecule has 1 atom stereocenters. The molecule has 2 aromatic carbocycles. The number of carbonyl (C=O) groups is 1. The lowest BCUT2D eigenvalue weighted by molar-refractivity contribution is -0.139. The number of methoxy groups -OCH3 is 1. The number of nitrogens with zero attached hydrogens (tertiary/aromatic N) is 2. The Morgan fingerprint density at radius 1 is 1.30 bits per heavy atom. The highest BCUT2D eigenvalue weighted by molar-refractivity contribution is 7.07. The predicted molar refractivity (Wildman–Crippen MR) is 127 cm³/mol. The molecule has 2 heterocycles. The van der Waals surface area contributed by atoms with E-state index in [1.54, 1.807) is 57.4 Å². The molecule has 0 spiro atoms. The minimum Gasteiger partial charge on any atom is -0.507 e. The molecular weight excluding hydrogens is 464 g/mol. The number of hydrogen-bond acceptors (Lipinski definition) is 7. The molecule has 0 saturated carbocycles. The van der Waals surface area contributed by atoms with E-state index >= 15 is 0 Å². The van der Waals surface area contributed by atoms with Gasteiger partial charge in [-0.2, -0.15) is 0 Å². The fourth-order valence-corrected chi connectivity index (χ4v) is 4.92. The smallest absolute Gasteiger partial charge is 0.338 e. The van der Waals surface area contributed by atoms with Gasteiger partial charge in [-0.05, 0) is 55.8 Å². The summed E-state index contributed by atoms with van der Waals surface area (Å²) in [6.45, 7) is 3.64. The summed E-state index contributed by atoms with van der Waals surface area (Å²) in [5, 5.41) is 10.6. The van der Waals surface area contributed by atoms with Crippen LogP contribution in [-0.4, -0.2) is 29.4 Å². The monoisotopic (exact) mass is 484 g/mol. The van der Waals surface area contributed by atoms with E-state index in [1.165, 1.54) is 22.0 Å². The van der Waals surface area contributed by atoms with Crippen molar-refractivity contribution in [1.29, 1.82) is 0 Å². The molecule has 0 amide bonds. The highest BCUT2D eigenvalue weighted by Gasteiger charge is 2.33. The third kappa shape index (κ3) is 4.31. The van der Waals surface area contributed by atoms with Gasteiger partial charge in [0.1, 0.15) is 11.5 Å². The van der Waals surface area contributed by atoms with Crippen molar-refractivity contribution in [1.82, 2.24) is 4.57 Å². The molecule has 7 nitrogen and oxygen atoms in total. The van der Waals surface area contributed by atoms with Gasteiger partial charge in [0, 0.05) is 10.6 Å². The summed E-state index contributed by atoms with van der Waals surface area (Å²) in [5.41, 5.74) is 1.51. The second-order valence-corrected chi connectivity index (χ2v) is 8.73. The first-order valence-electron chi connectivity index (χ1n) is 10.2. The number of aromatic hydroxyl groups is 1. The van der Waals surface area contributed by atoms with E-state index in [4.69, 9.17) is 21.1 Å². The van der Waals surface area contributed by atoms with Crippen molar-refractivity contribution >= 4 is 35.0 Å². The van der Waals surface area contributed by atoms with E-state index in [0.29, 0.717) is 36.9 Å². The van der Waals surface area contributed by atoms with Crippen molar-refractivity contribution < 1.29 is 19.4 Å². The van der Waals surface area contributed by atoms with Crippen LogP contribution < -0.4 is 19.6 Å². The molecule has 1 aliphatic heterocycles. The first kappa shape index (κ1) is 22.8. The molecule has 170 valence electrons. The number of allylic oxidation sites excluding steroid dienone is 1. The van der Waals surface area contributed by atoms with Crippen LogP contribution in [0.25, 0.3) is 6.08 Å². The van der Waals surface area contributed by atoms with Gasteiger partial charge in [0.2, 0.25) is 0 Å². The number of phenolic OH excluding ortho intramolecular Hbond substituents is 1. The third-order valence-corrected chi connectivity index (χ3v) is 6.42. The fraction of sp³-hybridized carbons (Fsp3) is 0.208. The number of esters is 1. The maximum absolute atomic E-state index is 13.5. The van der Waals surface area contributed by atoms with Crippen molar-refractivity contribution in [3.63, 3.8) is 0 Å². The Morgan fingerprint density at radius 2 is 2.09 bits per heavy atom. The van der Waals surface area contributed by atoms with Crippen LogP contribution in [0, 0.1) is 0 Å². The molecule has 0 saturated heterocycles. The van der Waals surface area contributed by atoms with E-state index in [9.17, 15) is 14.7 Å². The van der Waals surface area contributed by atoms with Crippen molar-refractivity contribution in [2.24, 2.45) is 4.99 Å². The number of halogens is 1. The second-order valence-electron chi connectivity index (χ2n) is 7.28. The summed E-state index contributed by atoms with van der Waals surface area (Å²) < 4.78 is 12.5. The number of aromatic nitrogens is 1. The van der Waals surface area contributed by atoms with Crippen LogP contribution in [0.4, 0.5) is 0 Å². The number of carbonyl (C=O) groups excluding carboxylic acids is 1. The normalized spacial score (nSPS) is 15.8. The molecule has 0 radical (unpaired) electrons. The molecule has 0 bridgehead atoms. The molecule has 3 aromatic rings. The summed E-state index contributed by atoms with van der Waals surface area (Å²) in [5.74, 6) is 0.0580. The Labute approximate surface area is 198 Å². The van der Waals surface area contributed by atoms with E-state index in [0.717, 1.165) is 0 Å². The lowest BCUT2D eigenvalue weighted by Crippen LogP contribution is -2.39. The standard InChI is InChI=1S/C24H21ClN2O5S/c1-4-32-23(30)20-13(2)26-24-27(21(20)14-6-5-7-17(11-14)31-3)22(29)19(33-24)12-15-10-16(25)8-9-18(15)28/h5-12,21,28H,4H2,1-3H3/b19-12-/t21-/m1/s1. The topological polar surface area (TPSA) is 90.1 Å². The molecule has 9 heteroatoms. The van der Waals surface area contributed by atoms with Crippen molar-refractivity contribution in [3.05, 3.63) is 89.6 Å². The molecule has 0 unspecified atom stereocenters. The molecular formula is C24H21ClN2O5S. The van der Waals surface area contributed by atoms with Crippen LogP contribution >= 0.6 is 22.9 Å². The zero-order chi connectivity index (χ0) is 23.7. The van der Waals surface area contributed by atoms with Crippen LogP contribution in [0.15, 0.2) is 63.5 Å². The largest absolute Gasteiger partial charge is 0.507 e. The van der Waals surface area contributed by atoms with Gasteiger partial charge in [-0.25, -0.2) is 9.79 Å². The maximum atomic E-state index is 13.5. The first-order chi connectivity index (χ1) is 15.8. The Kier molecular flexibility index (Phi) is 6.40. The highest BCUT2D eigenvalue weighted by Crippen LogP contribution is 2.32. The number of benzene rings is 2. The zero-order valence-corrected chi connectivity index (χ0v) is 19.7. The fourth-order valence-electron chi connectivity index (χ4n) is 3.70. The molecule has 1 N–H and O–H groups in total. The first-order valence-corrected chi connectivity index (χ1v) is 11.4. The van der Waals surface area contributed by atoms with Crippen LogP contribution in [0.3, 0.4) is 0 Å². The quantitative estimate of drug-likeness (QED) is 0.562. The summed E-state index contributed by atoms with van der Waals surface area (Å²) in [6, 6.07) is 11.0. The minimum atomic E-state index is -0.745. The number of hydrogen-bond donors (Lipinski definition) is 1. The number of fused-ring (bicyclic) bond motifs is 1. The van der Waals surface area contributed by atoms with E-state index in [-0.39, 0.29) is 23.5 Å². The molecule has 0 fully saturated rings. The number of phenols is 1. The number of thiazole rings is 1. The van der Waals surface area contributed by atoms with E-state index < -0.39 is 12.0 Å². The third-order valence-electron chi connectivity index (χ3n) is 5.20. The van der Waals surface area contributed by atoms with Crippen molar-refractivity contribution in [2.75, 3.05) is 13.7 Å². The molecule has 33 heavy (non-hydrogen) atoms.